The SMILES string of the molecule is COCCNS(=O)(=O)c1ccc(CNCc2ccn[nH]2)cc1. The van der Waals surface area contributed by atoms with Crippen LogP contribution in [0.25, 0.3) is 0 Å². The molecule has 1 heterocycles. The van der Waals surface area contributed by atoms with Gasteiger partial charge in [-0.3, -0.25) is 5.10 Å². The molecule has 8 heteroatoms. The third kappa shape index (κ3) is 4.92. The van der Waals surface area contributed by atoms with Gasteiger partial charge in [-0.1, -0.05) is 12.1 Å². The predicted molar refractivity (Wildman–Crippen MR) is 82.6 cm³/mol. The Bertz CT molecular complexity index is 654. The van der Waals surface area contributed by atoms with E-state index in [-0.39, 0.29) is 11.4 Å². The van der Waals surface area contributed by atoms with Crippen LogP contribution in [0.5, 0.6) is 0 Å². The second-order valence-corrected chi connectivity index (χ2v) is 6.49. The van der Waals surface area contributed by atoms with Crippen molar-refractivity contribution < 1.29 is 13.2 Å². The maximum Gasteiger partial charge on any atom is 0.240 e. The summed E-state index contributed by atoms with van der Waals surface area (Å²) in [4.78, 5) is 0.251. The lowest BCUT2D eigenvalue weighted by molar-refractivity contribution is 0.204. The molecule has 0 unspecified atom stereocenters. The standard InChI is InChI=1S/C14H20N4O3S/c1-21-9-8-17-22(19,20)14-4-2-12(3-5-14)10-15-11-13-6-7-16-18-13/h2-7,15,17H,8-11H2,1H3,(H,16,18). The van der Waals surface area contributed by atoms with Crippen LogP contribution in [0, 0.1) is 0 Å². The van der Waals surface area contributed by atoms with E-state index in [1.54, 1.807) is 30.5 Å². The molecule has 0 saturated carbocycles. The highest BCUT2D eigenvalue weighted by Gasteiger charge is 2.12. The summed E-state index contributed by atoms with van der Waals surface area (Å²) in [6.45, 7) is 1.93. The number of benzene rings is 1. The normalized spacial score (nSPS) is 11.7. The third-order valence-electron chi connectivity index (χ3n) is 3.03. The van der Waals surface area contributed by atoms with E-state index in [2.05, 4.69) is 20.2 Å². The van der Waals surface area contributed by atoms with E-state index in [1.807, 2.05) is 6.07 Å². The van der Waals surface area contributed by atoms with Crippen molar-refractivity contribution in [3.05, 3.63) is 47.8 Å². The number of nitrogens with zero attached hydrogens (tertiary/aromatic N) is 1. The summed E-state index contributed by atoms with van der Waals surface area (Å²) in [6, 6.07) is 8.69. The van der Waals surface area contributed by atoms with Crippen molar-refractivity contribution >= 4 is 10.0 Å². The molecule has 3 N–H and O–H groups in total. The first-order chi connectivity index (χ1) is 10.6. The van der Waals surface area contributed by atoms with Crippen LogP contribution in [-0.4, -0.2) is 38.9 Å². The van der Waals surface area contributed by atoms with Gasteiger partial charge in [0.1, 0.15) is 0 Å². The lowest BCUT2D eigenvalue weighted by Gasteiger charge is -2.08. The number of sulfonamides is 1. The molecule has 22 heavy (non-hydrogen) atoms. The van der Waals surface area contributed by atoms with Gasteiger partial charge in [0, 0.05) is 38.6 Å². The van der Waals surface area contributed by atoms with Crippen LogP contribution in [0.2, 0.25) is 0 Å². The van der Waals surface area contributed by atoms with Crippen molar-refractivity contribution in [1.29, 1.82) is 0 Å². The summed E-state index contributed by atoms with van der Waals surface area (Å²) in [7, 11) is -1.94. The van der Waals surface area contributed by atoms with E-state index in [0.717, 1.165) is 11.3 Å². The fourth-order valence-corrected chi connectivity index (χ4v) is 2.89. The van der Waals surface area contributed by atoms with Gasteiger partial charge in [0.15, 0.2) is 0 Å². The summed E-state index contributed by atoms with van der Waals surface area (Å²) in [5.74, 6) is 0. The quantitative estimate of drug-likeness (QED) is 0.588. The van der Waals surface area contributed by atoms with Gasteiger partial charge in [-0.15, -0.1) is 0 Å². The van der Waals surface area contributed by atoms with Gasteiger partial charge in [0.05, 0.1) is 11.5 Å². The second kappa shape index (κ2) is 8.04. The van der Waals surface area contributed by atoms with E-state index in [1.165, 1.54) is 7.11 Å². The van der Waals surface area contributed by atoms with Crippen molar-refractivity contribution in [2.45, 2.75) is 18.0 Å². The van der Waals surface area contributed by atoms with Gasteiger partial charge in [-0.2, -0.15) is 5.10 Å². The molecular weight excluding hydrogens is 304 g/mol. The maximum atomic E-state index is 12.0. The predicted octanol–water partition coefficient (Wildman–Crippen LogP) is 0.624. The summed E-state index contributed by atoms with van der Waals surface area (Å²) >= 11 is 0. The minimum Gasteiger partial charge on any atom is -0.383 e. The fraction of sp³-hybridized carbons (Fsp3) is 0.357. The summed E-state index contributed by atoms with van der Waals surface area (Å²) in [5.41, 5.74) is 2.01. The zero-order valence-electron chi connectivity index (χ0n) is 12.4. The Labute approximate surface area is 130 Å². The number of nitrogens with one attached hydrogen (secondary N) is 3. The lowest BCUT2D eigenvalue weighted by atomic mass is 10.2. The molecule has 0 aliphatic rings. The number of aromatic amines is 1. The fourth-order valence-electron chi connectivity index (χ4n) is 1.87. The van der Waals surface area contributed by atoms with Crippen LogP contribution in [0.4, 0.5) is 0 Å². The van der Waals surface area contributed by atoms with Crippen molar-refractivity contribution in [2.24, 2.45) is 0 Å². The lowest BCUT2D eigenvalue weighted by Crippen LogP contribution is -2.27. The highest BCUT2D eigenvalue weighted by molar-refractivity contribution is 7.89. The van der Waals surface area contributed by atoms with Crippen LogP contribution in [0.15, 0.2) is 41.4 Å². The monoisotopic (exact) mass is 324 g/mol. The van der Waals surface area contributed by atoms with Gasteiger partial charge in [0.2, 0.25) is 10.0 Å². The first kappa shape index (κ1) is 16.6. The van der Waals surface area contributed by atoms with E-state index < -0.39 is 10.0 Å². The van der Waals surface area contributed by atoms with Gasteiger partial charge < -0.3 is 10.1 Å². The molecule has 0 radical (unpaired) electrons. The molecule has 1 aromatic heterocycles. The Hall–Kier alpha value is -1.74. The van der Waals surface area contributed by atoms with E-state index >= 15 is 0 Å². The van der Waals surface area contributed by atoms with Gasteiger partial charge in [-0.25, -0.2) is 13.1 Å². The maximum absolute atomic E-state index is 12.0. The zero-order valence-corrected chi connectivity index (χ0v) is 13.2. The largest absolute Gasteiger partial charge is 0.383 e. The molecule has 2 aromatic rings. The van der Waals surface area contributed by atoms with Crippen molar-refractivity contribution in [3.8, 4) is 0 Å². The second-order valence-electron chi connectivity index (χ2n) is 4.72. The number of rotatable bonds is 9. The molecule has 0 bridgehead atoms. The Morgan fingerprint density at radius 3 is 2.59 bits per heavy atom. The van der Waals surface area contributed by atoms with Crippen LogP contribution >= 0.6 is 0 Å². The first-order valence-corrected chi connectivity index (χ1v) is 8.36. The molecule has 0 fully saturated rings. The molecule has 2 rings (SSSR count). The minimum absolute atomic E-state index is 0.251. The number of H-pyrrole nitrogens is 1. The van der Waals surface area contributed by atoms with Crippen molar-refractivity contribution in [3.63, 3.8) is 0 Å². The van der Waals surface area contributed by atoms with Gasteiger partial charge in [-0.05, 0) is 23.8 Å². The molecular formula is C14H20N4O3S. The number of hydrogen-bond acceptors (Lipinski definition) is 5. The smallest absolute Gasteiger partial charge is 0.240 e. The topological polar surface area (TPSA) is 96.1 Å². The highest BCUT2D eigenvalue weighted by atomic mass is 32.2. The third-order valence-corrected chi connectivity index (χ3v) is 4.51. The van der Waals surface area contributed by atoms with Crippen LogP contribution in [-0.2, 0) is 27.8 Å². The van der Waals surface area contributed by atoms with E-state index in [4.69, 9.17) is 4.74 Å². The van der Waals surface area contributed by atoms with E-state index in [9.17, 15) is 8.42 Å². The Balaban J connectivity index is 1.86. The summed E-state index contributed by atoms with van der Waals surface area (Å²) in [5, 5.41) is 9.99. The van der Waals surface area contributed by atoms with Crippen molar-refractivity contribution in [1.82, 2.24) is 20.2 Å². The highest BCUT2D eigenvalue weighted by Crippen LogP contribution is 2.10. The molecule has 0 amide bonds. The molecule has 0 aliphatic carbocycles. The molecule has 7 nitrogen and oxygen atoms in total. The first-order valence-electron chi connectivity index (χ1n) is 6.88. The van der Waals surface area contributed by atoms with E-state index in [0.29, 0.717) is 19.7 Å². The number of aromatic nitrogens is 2. The van der Waals surface area contributed by atoms with Gasteiger partial charge >= 0.3 is 0 Å². The van der Waals surface area contributed by atoms with Crippen LogP contribution in [0.1, 0.15) is 11.3 Å². The van der Waals surface area contributed by atoms with Gasteiger partial charge in [0.25, 0.3) is 0 Å². The molecule has 1 aromatic carbocycles. The molecule has 120 valence electrons. The Kier molecular flexibility index (Phi) is 6.08. The zero-order chi connectivity index (χ0) is 15.8. The average molecular weight is 324 g/mol. The van der Waals surface area contributed by atoms with Crippen LogP contribution in [0.3, 0.4) is 0 Å². The summed E-state index contributed by atoms with van der Waals surface area (Å²) in [6.07, 6.45) is 1.70. The Morgan fingerprint density at radius 2 is 1.95 bits per heavy atom. The average Bonchev–Trinajstić information content (AvgIpc) is 3.01. The number of hydrogen-bond donors (Lipinski definition) is 3. The molecule has 0 aliphatic heterocycles. The summed E-state index contributed by atoms with van der Waals surface area (Å²) < 4.78 is 31.3. The van der Waals surface area contributed by atoms with Crippen LogP contribution < -0.4 is 10.0 Å². The number of ether oxygens (including phenoxy) is 1. The molecule has 0 saturated heterocycles. The number of methoxy groups -OCH3 is 1. The molecule has 0 spiro atoms. The Morgan fingerprint density at radius 1 is 1.18 bits per heavy atom. The molecule has 0 atom stereocenters. The van der Waals surface area contributed by atoms with Crippen molar-refractivity contribution in [2.75, 3.05) is 20.3 Å². The minimum atomic E-state index is -3.47.